The van der Waals surface area contributed by atoms with E-state index in [2.05, 4.69) is 21.7 Å². The van der Waals surface area contributed by atoms with E-state index in [-0.39, 0.29) is 18.3 Å². The van der Waals surface area contributed by atoms with Crippen molar-refractivity contribution in [3.05, 3.63) is 69.8 Å². The molecular weight excluding hydrogens is 514 g/mol. The summed E-state index contributed by atoms with van der Waals surface area (Å²) in [5.74, 6) is 6.15. The maximum atomic E-state index is 15.5. The smallest absolute Gasteiger partial charge is 0.303 e. The normalized spacial score (nSPS) is 18.7. The molecule has 0 unspecified atom stereocenters. The number of benzene rings is 2. The van der Waals surface area contributed by atoms with E-state index in [1.54, 1.807) is 31.5 Å². The van der Waals surface area contributed by atoms with Gasteiger partial charge in [-0.05, 0) is 85.7 Å². The molecule has 3 atom stereocenters. The van der Waals surface area contributed by atoms with Crippen LogP contribution in [0.5, 0.6) is 5.75 Å². The molecule has 2 aromatic carbocycles. The van der Waals surface area contributed by atoms with Crippen molar-refractivity contribution >= 4 is 40.1 Å². The number of carbonyl (C=O) groups is 1. The zero-order chi connectivity index (χ0) is 26.4. The average Bonchev–Trinajstić information content (AvgIpc) is 2.89. The molecule has 1 aliphatic rings. The minimum absolute atomic E-state index is 0.0560. The Kier molecular flexibility index (Phi) is 9.26. The van der Waals surface area contributed by atoms with Crippen molar-refractivity contribution in [2.45, 2.75) is 31.9 Å². The third-order valence-electron chi connectivity index (χ3n) is 6.98. The molecule has 0 saturated carbocycles. The molecule has 5 nitrogen and oxygen atoms in total. The van der Waals surface area contributed by atoms with Crippen LogP contribution in [0.3, 0.4) is 0 Å². The number of rotatable bonds is 8. The van der Waals surface area contributed by atoms with Crippen molar-refractivity contribution in [3.63, 3.8) is 0 Å². The van der Waals surface area contributed by atoms with Crippen LogP contribution in [0, 0.1) is 23.7 Å². The zero-order valence-electron chi connectivity index (χ0n) is 20.6. The number of pyridine rings is 1. The summed E-state index contributed by atoms with van der Waals surface area (Å²) >= 11 is 12.0. The fraction of sp³-hybridized carbons (Fsp3) is 0.379. The Bertz CT molecular complexity index is 1320. The van der Waals surface area contributed by atoms with Crippen molar-refractivity contribution in [2.75, 3.05) is 26.7 Å². The number of carboxylic acids is 1. The lowest BCUT2D eigenvalue weighted by molar-refractivity contribution is -0.139. The van der Waals surface area contributed by atoms with E-state index >= 15 is 4.39 Å². The van der Waals surface area contributed by atoms with E-state index in [4.69, 9.17) is 27.9 Å². The lowest BCUT2D eigenvalue weighted by Crippen LogP contribution is -2.41. The molecule has 0 aliphatic carbocycles. The van der Waals surface area contributed by atoms with E-state index in [9.17, 15) is 9.90 Å². The van der Waals surface area contributed by atoms with Gasteiger partial charge in [-0.15, -0.1) is 0 Å². The number of hydrogen-bond donors (Lipinski definition) is 1. The number of hydrogen-bond acceptors (Lipinski definition) is 4. The summed E-state index contributed by atoms with van der Waals surface area (Å²) in [7, 11) is 1.58. The van der Waals surface area contributed by atoms with Crippen molar-refractivity contribution in [3.8, 4) is 17.6 Å². The highest BCUT2D eigenvalue weighted by Gasteiger charge is 2.31. The summed E-state index contributed by atoms with van der Waals surface area (Å²) < 4.78 is 20.8. The number of halogens is 3. The minimum atomic E-state index is -1.17. The molecular formula is C29H29Cl2FN2O3. The number of fused-ring (bicyclic) bond motifs is 1. The van der Waals surface area contributed by atoms with Gasteiger partial charge in [0.15, 0.2) is 0 Å². The number of carboxylic acid groups (broad SMARTS) is 1. The highest BCUT2D eigenvalue weighted by atomic mass is 35.5. The monoisotopic (exact) mass is 542 g/mol. The van der Waals surface area contributed by atoms with Crippen molar-refractivity contribution < 1.29 is 19.0 Å². The molecule has 3 aromatic rings. The number of alkyl halides is 1. The van der Waals surface area contributed by atoms with E-state index < -0.39 is 12.1 Å². The topological polar surface area (TPSA) is 62.7 Å². The second kappa shape index (κ2) is 12.6. The summed E-state index contributed by atoms with van der Waals surface area (Å²) in [5, 5.41) is 11.2. The first-order valence-electron chi connectivity index (χ1n) is 12.3. The standard InChI is InChI=1S/C29H29Cl2FN2O3/c1-37-22-6-9-28-24(17-22)23(10-12-33-28)27(32)8-5-20-11-14-34(18-21(20)16-29(35)36)13-2-3-19-4-7-25(30)26(31)15-19/h4,6-7,9-10,12,15,17,20-21,27H,5,8,11,13-14,16,18H2,1H3,(H,35,36)/t20-,21+,27+/m1/s1. The van der Waals surface area contributed by atoms with Gasteiger partial charge in [0.2, 0.25) is 0 Å². The molecule has 8 heteroatoms. The van der Waals surface area contributed by atoms with Crippen LogP contribution >= 0.6 is 23.2 Å². The van der Waals surface area contributed by atoms with Gasteiger partial charge in [0, 0.05) is 30.1 Å². The van der Waals surface area contributed by atoms with Crippen molar-refractivity contribution in [1.82, 2.24) is 9.88 Å². The van der Waals surface area contributed by atoms with Crippen LogP contribution < -0.4 is 4.74 Å². The van der Waals surface area contributed by atoms with Gasteiger partial charge in [-0.25, -0.2) is 4.39 Å². The van der Waals surface area contributed by atoms with Gasteiger partial charge in [-0.1, -0.05) is 35.0 Å². The van der Waals surface area contributed by atoms with Gasteiger partial charge in [0.1, 0.15) is 11.9 Å². The molecule has 37 heavy (non-hydrogen) atoms. The first-order valence-corrected chi connectivity index (χ1v) is 13.0. The highest BCUT2D eigenvalue weighted by Crippen LogP contribution is 2.36. The van der Waals surface area contributed by atoms with Crippen LogP contribution in [-0.4, -0.2) is 47.7 Å². The van der Waals surface area contributed by atoms with E-state index in [0.29, 0.717) is 47.3 Å². The fourth-order valence-corrected chi connectivity index (χ4v) is 5.32. The SMILES string of the molecule is COc1ccc2nccc([C@@H](F)CC[C@@H]3CCN(CC#Cc4ccc(Cl)c(Cl)c4)C[C@@H]3CC(=O)O)c2c1. The molecule has 1 fully saturated rings. The van der Waals surface area contributed by atoms with Crippen LogP contribution in [0.25, 0.3) is 10.9 Å². The number of methoxy groups -OCH3 is 1. The third kappa shape index (κ3) is 7.13. The molecule has 0 radical (unpaired) electrons. The van der Waals surface area contributed by atoms with E-state index in [0.717, 1.165) is 29.4 Å². The fourth-order valence-electron chi connectivity index (χ4n) is 5.03. The number of ether oxygens (including phenoxy) is 1. The Morgan fingerprint density at radius 2 is 2.05 bits per heavy atom. The van der Waals surface area contributed by atoms with Crippen LogP contribution in [-0.2, 0) is 4.79 Å². The number of nitrogens with zero attached hydrogens (tertiary/aromatic N) is 2. The Hall–Kier alpha value is -2.85. The molecule has 0 spiro atoms. The Morgan fingerprint density at radius 1 is 1.22 bits per heavy atom. The van der Waals surface area contributed by atoms with Gasteiger partial charge < -0.3 is 9.84 Å². The van der Waals surface area contributed by atoms with Crippen LogP contribution in [0.15, 0.2) is 48.7 Å². The zero-order valence-corrected chi connectivity index (χ0v) is 22.1. The van der Waals surface area contributed by atoms with Gasteiger partial charge >= 0.3 is 5.97 Å². The highest BCUT2D eigenvalue weighted by molar-refractivity contribution is 6.42. The molecule has 0 bridgehead atoms. The van der Waals surface area contributed by atoms with Gasteiger partial charge in [-0.3, -0.25) is 14.7 Å². The molecule has 2 heterocycles. The number of piperidine rings is 1. The summed E-state index contributed by atoms with van der Waals surface area (Å²) in [4.78, 5) is 18.1. The maximum absolute atomic E-state index is 15.5. The van der Waals surface area contributed by atoms with Crippen molar-refractivity contribution in [1.29, 1.82) is 0 Å². The van der Waals surface area contributed by atoms with Gasteiger partial charge in [0.05, 0.1) is 29.2 Å². The summed E-state index contributed by atoms with van der Waals surface area (Å²) in [6.07, 6.45) is 2.28. The first kappa shape index (κ1) is 27.2. The first-order chi connectivity index (χ1) is 17.8. The number of aromatic nitrogens is 1. The predicted molar refractivity (Wildman–Crippen MR) is 145 cm³/mol. The Morgan fingerprint density at radius 3 is 2.81 bits per heavy atom. The van der Waals surface area contributed by atoms with Gasteiger partial charge in [0.25, 0.3) is 0 Å². The average molecular weight is 543 g/mol. The number of likely N-dealkylation sites (tertiary alicyclic amines) is 1. The minimum Gasteiger partial charge on any atom is -0.497 e. The summed E-state index contributed by atoms with van der Waals surface area (Å²) in [6, 6.07) is 12.4. The second-order valence-electron chi connectivity index (χ2n) is 9.40. The molecule has 4 rings (SSSR count). The Labute approximate surface area is 226 Å². The van der Waals surface area contributed by atoms with E-state index in [1.165, 1.54) is 0 Å². The predicted octanol–water partition coefficient (Wildman–Crippen LogP) is 6.81. The number of aliphatic carboxylic acids is 1. The van der Waals surface area contributed by atoms with Crippen molar-refractivity contribution in [2.24, 2.45) is 11.8 Å². The second-order valence-corrected chi connectivity index (χ2v) is 10.2. The van der Waals surface area contributed by atoms with Crippen LogP contribution in [0.1, 0.15) is 43.0 Å². The molecule has 0 amide bonds. The maximum Gasteiger partial charge on any atom is 0.303 e. The van der Waals surface area contributed by atoms with Gasteiger partial charge in [-0.2, -0.15) is 0 Å². The quantitative estimate of drug-likeness (QED) is 0.317. The van der Waals surface area contributed by atoms with Crippen LogP contribution in [0.4, 0.5) is 4.39 Å². The lowest BCUT2D eigenvalue weighted by atomic mass is 9.79. The molecule has 1 aliphatic heterocycles. The lowest BCUT2D eigenvalue weighted by Gasteiger charge is -2.37. The van der Waals surface area contributed by atoms with Crippen LogP contribution in [0.2, 0.25) is 10.0 Å². The van der Waals surface area contributed by atoms with E-state index in [1.807, 2.05) is 24.3 Å². The summed E-state index contributed by atoms with van der Waals surface area (Å²) in [5.41, 5.74) is 2.09. The molecule has 194 valence electrons. The molecule has 1 saturated heterocycles. The third-order valence-corrected chi connectivity index (χ3v) is 7.72. The largest absolute Gasteiger partial charge is 0.497 e. The summed E-state index contributed by atoms with van der Waals surface area (Å²) in [6.45, 7) is 1.95. The Balaban J connectivity index is 1.39. The molecule has 1 N–H and O–H groups in total. The molecule has 1 aromatic heterocycles.